The predicted molar refractivity (Wildman–Crippen MR) is 98.4 cm³/mol. The smallest absolute Gasteiger partial charge is 0.263 e. The van der Waals surface area contributed by atoms with E-state index in [1.165, 1.54) is 17.0 Å². The van der Waals surface area contributed by atoms with Crippen molar-refractivity contribution in [2.75, 3.05) is 13.1 Å². The molecule has 2 aromatic rings. The third kappa shape index (κ3) is 3.65. The van der Waals surface area contributed by atoms with Gasteiger partial charge in [0.15, 0.2) is 0 Å². The number of carbonyl (C=O) groups is 1. The molecule has 6 heteroatoms. The standard InChI is InChI=1S/C20H24N2O4/c1-3-21(12-17(24)14-5-4-6-16(23)11-14)19(25)18-13(2)9-10-22(20(18)26)15-7-8-15/h4-6,9-11,15,17,23-24H,3,7-8,12H2,1-2H3. The van der Waals surface area contributed by atoms with Crippen LogP contribution >= 0.6 is 0 Å². The van der Waals surface area contributed by atoms with Gasteiger partial charge in [0.2, 0.25) is 0 Å². The Hall–Kier alpha value is -2.60. The summed E-state index contributed by atoms with van der Waals surface area (Å²) in [5.74, 6) is -0.314. The molecule has 138 valence electrons. The van der Waals surface area contributed by atoms with E-state index in [0.29, 0.717) is 17.7 Å². The van der Waals surface area contributed by atoms with E-state index < -0.39 is 6.10 Å². The summed E-state index contributed by atoms with van der Waals surface area (Å²) in [6.07, 6.45) is 2.74. The number of carbonyl (C=O) groups excluding carboxylic acids is 1. The third-order valence-electron chi connectivity index (χ3n) is 4.80. The normalized spacial score (nSPS) is 14.9. The van der Waals surface area contributed by atoms with Crippen molar-refractivity contribution in [3.63, 3.8) is 0 Å². The van der Waals surface area contributed by atoms with Gasteiger partial charge in [-0.05, 0) is 56.0 Å². The lowest BCUT2D eigenvalue weighted by molar-refractivity contribution is 0.0631. The van der Waals surface area contributed by atoms with E-state index in [0.717, 1.165) is 12.8 Å². The Kier molecular flexibility index (Phi) is 5.13. The Morgan fingerprint density at radius 2 is 2.08 bits per heavy atom. The number of aliphatic hydroxyl groups is 1. The van der Waals surface area contributed by atoms with Gasteiger partial charge in [-0.2, -0.15) is 0 Å². The summed E-state index contributed by atoms with van der Waals surface area (Å²) in [7, 11) is 0. The maximum absolute atomic E-state index is 13.0. The minimum absolute atomic E-state index is 0.0516. The fourth-order valence-corrected chi connectivity index (χ4v) is 3.10. The number of phenolic OH excluding ortho intramolecular Hbond substituents is 1. The Morgan fingerprint density at radius 1 is 1.35 bits per heavy atom. The fourth-order valence-electron chi connectivity index (χ4n) is 3.10. The first-order chi connectivity index (χ1) is 12.4. The minimum atomic E-state index is -0.944. The van der Waals surface area contributed by atoms with Crippen LogP contribution < -0.4 is 5.56 Å². The van der Waals surface area contributed by atoms with E-state index in [4.69, 9.17) is 0 Å². The predicted octanol–water partition coefficient (Wildman–Crippen LogP) is 2.39. The number of rotatable bonds is 6. The average Bonchev–Trinajstić information content (AvgIpc) is 3.44. The number of aromatic nitrogens is 1. The lowest BCUT2D eigenvalue weighted by atomic mass is 10.1. The van der Waals surface area contributed by atoms with Gasteiger partial charge in [-0.1, -0.05) is 12.1 Å². The number of hydrogen-bond donors (Lipinski definition) is 2. The van der Waals surface area contributed by atoms with Crippen molar-refractivity contribution in [2.45, 2.75) is 38.8 Å². The number of pyridine rings is 1. The molecule has 0 aliphatic heterocycles. The number of aliphatic hydroxyl groups excluding tert-OH is 1. The largest absolute Gasteiger partial charge is 0.508 e. The highest BCUT2D eigenvalue weighted by molar-refractivity contribution is 5.95. The van der Waals surface area contributed by atoms with Crippen LogP contribution in [0.2, 0.25) is 0 Å². The van der Waals surface area contributed by atoms with Crippen LogP contribution in [0.3, 0.4) is 0 Å². The molecular formula is C20H24N2O4. The maximum atomic E-state index is 13.0. The van der Waals surface area contributed by atoms with Crippen LogP contribution in [0.4, 0.5) is 0 Å². The topological polar surface area (TPSA) is 82.8 Å². The van der Waals surface area contributed by atoms with Crippen molar-refractivity contribution in [1.82, 2.24) is 9.47 Å². The van der Waals surface area contributed by atoms with Crippen LogP contribution in [-0.4, -0.2) is 38.7 Å². The van der Waals surface area contributed by atoms with Crippen molar-refractivity contribution in [1.29, 1.82) is 0 Å². The van der Waals surface area contributed by atoms with E-state index in [-0.39, 0.29) is 35.4 Å². The summed E-state index contributed by atoms with van der Waals surface area (Å²) in [4.78, 5) is 27.2. The molecule has 6 nitrogen and oxygen atoms in total. The van der Waals surface area contributed by atoms with Gasteiger partial charge >= 0.3 is 0 Å². The van der Waals surface area contributed by atoms with Crippen LogP contribution in [0, 0.1) is 6.92 Å². The highest BCUT2D eigenvalue weighted by Gasteiger charge is 2.29. The first-order valence-electron chi connectivity index (χ1n) is 8.90. The average molecular weight is 356 g/mol. The van der Waals surface area contributed by atoms with Gasteiger partial charge in [0.1, 0.15) is 11.3 Å². The number of aromatic hydroxyl groups is 1. The molecular weight excluding hydrogens is 332 g/mol. The second-order valence-corrected chi connectivity index (χ2v) is 6.77. The van der Waals surface area contributed by atoms with Crippen molar-refractivity contribution in [3.05, 3.63) is 63.6 Å². The zero-order valence-electron chi connectivity index (χ0n) is 15.1. The summed E-state index contributed by atoms with van der Waals surface area (Å²) < 4.78 is 1.64. The lowest BCUT2D eigenvalue weighted by Gasteiger charge is -2.25. The molecule has 1 saturated carbocycles. The Balaban J connectivity index is 1.85. The highest BCUT2D eigenvalue weighted by atomic mass is 16.3. The number of benzene rings is 1. The van der Waals surface area contributed by atoms with Crippen molar-refractivity contribution in [2.24, 2.45) is 0 Å². The number of amides is 1. The van der Waals surface area contributed by atoms with Crippen LogP contribution in [0.1, 0.15) is 53.4 Å². The third-order valence-corrected chi connectivity index (χ3v) is 4.80. The summed E-state index contributed by atoms with van der Waals surface area (Å²) in [5.41, 5.74) is 1.07. The molecule has 0 spiro atoms. The number of likely N-dealkylation sites (N-methyl/N-ethyl adjacent to an activating group) is 1. The zero-order chi connectivity index (χ0) is 18.8. The first kappa shape index (κ1) is 18.2. The van der Waals surface area contributed by atoms with E-state index in [1.807, 2.05) is 6.92 Å². The lowest BCUT2D eigenvalue weighted by Crippen LogP contribution is -2.39. The summed E-state index contributed by atoms with van der Waals surface area (Å²) in [6, 6.07) is 8.32. The van der Waals surface area contributed by atoms with Crippen LogP contribution in [-0.2, 0) is 0 Å². The van der Waals surface area contributed by atoms with Crippen molar-refractivity contribution < 1.29 is 15.0 Å². The van der Waals surface area contributed by atoms with Gasteiger partial charge in [-0.25, -0.2) is 0 Å². The Labute approximate surface area is 152 Å². The fraction of sp³-hybridized carbons (Fsp3) is 0.400. The number of nitrogens with zero attached hydrogens (tertiary/aromatic N) is 2. The molecule has 0 bridgehead atoms. The van der Waals surface area contributed by atoms with E-state index >= 15 is 0 Å². The molecule has 1 aliphatic rings. The van der Waals surface area contributed by atoms with E-state index in [2.05, 4.69) is 0 Å². The van der Waals surface area contributed by atoms with Gasteiger partial charge in [-0.15, -0.1) is 0 Å². The SMILES string of the molecule is CCN(CC(O)c1cccc(O)c1)C(=O)c1c(C)ccn(C2CC2)c1=O. The number of phenols is 1. The van der Waals surface area contributed by atoms with E-state index in [1.54, 1.807) is 35.9 Å². The molecule has 1 aromatic carbocycles. The maximum Gasteiger partial charge on any atom is 0.263 e. The highest BCUT2D eigenvalue weighted by Crippen LogP contribution is 2.33. The van der Waals surface area contributed by atoms with Crippen molar-refractivity contribution in [3.8, 4) is 5.75 Å². The number of aryl methyl sites for hydroxylation is 1. The quantitative estimate of drug-likeness (QED) is 0.833. The molecule has 1 atom stereocenters. The van der Waals surface area contributed by atoms with Crippen LogP contribution in [0.5, 0.6) is 5.75 Å². The molecule has 2 N–H and O–H groups in total. The van der Waals surface area contributed by atoms with Gasteiger partial charge < -0.3 is 19.7 Å². The molecule has 1 aromatic heterocycles. The van der Waals surface area contributed by atoms with Crippen LogP contribution in [0.15, 0.2) is 41.3 Å². The molecule has 1 unspecified atom stereocenters. The molecule has 1 amide bonds. The van der Waals surface area contributed by atoms with Gasteiger partial charge in [-0.3, -0.25) is 9.59 Å². The Bertz CT molecular complexity index is 870. The summed E-state index contributed by atoms with van der Waals surface area (Å²) in [6.45, 7) is 3.98. The van der Waals surface area contributed by atoms with Crippen molar-refractivity contribution >= 4 is 5.91 Å². The minimum Gasteiger partial charge on any atom is -0.508 e. The second kappa shape index (κ2) is 7.33. The van der Waals surface area contributed by atoms with Crippen LogP contribution in [0.25, 0.3) is 0 Å². The molecule has 1 fully saturated rings. The summed E-state index contributed by atoms with van der Waals surface area (Å²) in [5, 5.41) is 20.0. The summed E-state index contributed by atoms with van der Waals surface area (Å²) >= 11 is 0. The molecule has 0 radical (unpaired) electrons. The molecule has 26 heavy (non-hydrogen) atoms. The molecule has 1 aliphatic carbocycles. The Morgan fingerprint density at radius 3 is 2.69 bits per heavy atom. The molecule has 3 rings (SSSR count). The second-order valence-electron chi connectivity index (χ2n) is 6.77. The van der Waals surface area contributed by atoms with E-state index in [9.17, 15) is 19.8 Å². The number of hydrogen-bond acceptors (Lipinski definition) is 4. The van der Waals surface area contributed by atoms with Gasteiger partial charge in [0.05, 0.1) is 12.6 Å². The zero-order valence-corrected chi connectivity index (χ0v) is 15.1. The van der Waals surface area contributed by atoms with Gasteiger partial charge in [0, 0.05) is 18.8 Å². The monoisotopic (exact) mass is 356 g/mol. The molecule has 0 saturated heterocycles. The molecule has 1 heterocycles. The van der Waals surface area contributed by atoms with Gasteiger partial charge in [0.25, 0.3) is 11.5 Å². The first-order valence-corrected chi connectivity index (χ1v) is 8.90.